The van der Waals surface area contributed by atoms with E-state index >= 15 is 0 Å². The molecule has 0 aliphatic carbocycles. The molecule has 1 aromatic carbocycles. The van der Waals surface area contributed by atoms with Crippen LogP contribution in [-0.4, -0.2) is 60.4 Å². The molecule has 10 nitrogen and oxygen atoms in total. The van der Waals surface area contributed by atoms with E-state index < -0.39 is 11.9 Å². The summed E-state index contributed by atoms with van der Waals surface area (Å²) in [6.07, 6.45) is 0.114. The molecule has 0 radical (unpaired) electrons. The second-order valence-corrected chi connectivity index (χ2v) is 6.84. The van der Waals surface area contributed by atoms with Crippen LogP contribution in [-0.2, 0) is 14.3 Å². The van der Waals surface area contributed by atoms with Gasteiger partial charge in [0.15, 0.2) is 0 Å². The van der Waals surface area contributed by atoms with E-state index in [1.165, 1.54) is 19.2 Å². The van der Waals surface area contributed by atoms with Crippen LogP contribution in [0.4, 0.5) is 17.6 Å². The van der Waals surface area contributed by atoms with Gasteiger partial charge in [-0.05, 0) is 17.7 Å². The van der Waals surface area contributed by atoms with Crippen LogP contribution in [0.25, 0.3) is 0 Å². The van der Waals surface area contributed by atoms with Gasteiger partial charge in [-0.25, -0.2) is 4.79 Å². The average Bonchev–Trinajstić information content (AvgIpc) is 2.73. The lowest BCUT2D eigenvalue weighted by Gasteiger charge is -2.30. The summed E-state index contributed by atoms with van der Waals surface area (Å²) in [6, 6.07) is 4.54. The molecule has 4 N–H and O–H groups in total. The first-order chi connectivity index (χ1) is 14.0. The second kappa shape index (κ2) is 7.55. The van der Waals surface area contributed by atoms with E-state index in [1.54, 1.807) is 6.07 Å². The summed E-state index contributed by atoms with van der Waals surface area (Å²) in [7, 11) is 1.23. The normalized spacial score (nSPS) is 18.7. The van der Waals surface area contributed by atoms with Crippen LogP contribution < -0.4 is 16.0 Å². The van der Waals surface area contributed by atoms with Crippen LogP contribution in [0.5, 0.6) is 5.75 Å². The molecule has 0 spiro atoms. The zero-order valence-corrected chi connectivity index (χ0v) is 15.8. The van der Waals surface area contributed by atoms with Gasteiger partial charge in [-0.15, -0.1) is 0 Å². The fourth-order valence-electron chi connectivity index (χ4n) is 3.62. The van der Waals surface area contributed by atoms with E-state index in [1.807, 2.05) is 4.90 Å². The van der Waals surface area contributed by atoms with Crippen molar-refractivity contribution in [2.24, 2.45) is 0 Å². The first-order valence-corrected chi connectivity index (χ1v) is 9.19. The number of methoxy groups -OCH3 is 1. The number of aromatic nitrogens is 2. The highest BCUT2D eigenvalue weighted by atomic mass is 16.5. The molecule has 0 unspecified atom stereocenters. The standard InChI is InChI=1S/C19H21N5O5/c1-28-18(27)12-8-10(2-3-13(12)25)11-9-14(26)21-17-15(11)16(20)22-19(23-17)24-4-6-29-7-5-24/h2-3,8,11,25H,4-7,9H2,1H3,(H3,20,21,22,23,26)/t11-/m0/s1. The van der Waals surface area contributed by atoms with Crippen molar-refractivity contribution >= 4 is 29.5 Å². The Labute approximate surface area is 166 Å². The first kappa shape index (κ1) is 18.9. The Kier molecular flexibility index (Phi) is 4.93. The first-order valence-electron chi connectivity index (χ1n) is 9.19. The predicted molar refractivity (Wildman–Crippen MR) is 104 cm³/mol. The van der Waals surface area contributed by atoms with E-state index in [0.29, 0.717) is 49.2 Å². The molecule has 0 saturated carbocycles. The lowest BCUT2D eigenvalue weighted by molar-refractivity contribution is -0.116. The van der Waals surface area contributed by atoms with Crippen molar-refractivity contribution in [3.63, 3.8) is 0 Å². The monoisotopic (exact) mass is 399 g/mol. The molecule has 1 saturated heterocycles. The number of esters is 1. The van der Waals surface area contributed by atoms with Crippen LogP contribution in [0.1, 0.15) is 33.8 Å². The van der Waals surface area contributed by atoms with E-state index in [2.05, 4.69) is 15.3 Å². The minimum Gasteiger partial charge on any atom is -0.507 e. The Bertz CT molecular complexity index is 974. The van der Waals surface area contributed by atoms with Gasteiger partial charge in [0.1, 0.15) is 22.9 Å². The third-order valence-corrected chi connectivity index (χ3v) is 5.08. The lowest BCUT2D eigenvalue weighted by Crippen LogP contribution is -2.38. The van der Waals surface area contributed by atoms with Crippen LogP contribution in [0.15, 0.2) is 18.2 Å². The summed E-state index contributed by atoms with van der Waals surface area (Å²) in [4.78, 5) is 35.2. The number of carbonyl (C=O) groups is 2. The number of fused-ring (bicyclic) bond motifs is 1. The quantitative estimate of drug-likeness (QED) is 0.641. The number of amides is 1. The van der Waals surface area contributed by atoms with Crippen molar-refractivity contribution in [2.45, 2.75) is 12.3 Å². The van der Waals surface area contributed by atoms with Crippen molar-refractivity contribution in [1.29, 1.82) is 0 Å². The maximum Gasteiger partial charge on any atom is 0.341 e. The van der Waals surface area contributed by atoms with Crippen molar-refractivity contribution in [2.75, 3.05) is 49.4 Å². The molecule has 1 fully saturated rings. The zero-order chi connectivity index (χ0) is 20.5. The van der Waals surface area contributed by atoms with Crippen molar-refractivity contribution < 1.29 is 24.2 Å². The number of ether oxygens (including phenoxy) is 2. The number of anilines is 3. The Morgan fingerprint density at radius 3 is 2.83 bits per heavy atom. The van der Waals surface area contributed by atoms with Crippen LogP contribution in [0, 0.1) is 0 Å². The third kappa shape index (κ3) is 3.54. The molecule has 152 valence electrons. The minimum absolute atomic E-state index is 0.0157. The van der Waals surface area contributed by atoms with Crippen LogP contribution in [0.2, 0.25) is 0 Å². The fraction of sp³-hybridized carbons (Fsp3) is 0.368. The molecule has 2 aliphatic heterocycles. The van der Waals surface area contributed by atoms with Gasteiger partial charge in [-0.1, -0.05) is 6.07 Å². The summed E-state index contributed by atoms with van der Waals surface area (Å²) in [6.45, 7) is 2.41. The topological polar surface area (TPSA) is 140 Å². The highest BCUT2D eigenvalue weighted by molar-refractivity contribution is 5.96. The Hall–Kier alpha value is -3.40. The van der Waals surface area contributed by atoms with Gasteiger partial charge in [0.25, 0.3) is 0 Å². The largest absolute Gasteiger partial charge is 0.507 e. The van der Waals surface area contributed by atoms with E-state index in [9.17, 15) is 14.7 Å². The lowest BCUT2D eigenvalue weighted by atomic mass is 9.85. The molecule has 10 heteroatoms. The number of nitrogens with two attached hydrogens (primary N) is 1. The number of rotatable bonds is 3. The van der Waals surface area contributed by atoms with Crippen molar-refractivity contribution in [3.05, 3.63) is 34.9 Å². The SMILES string of the molecule is COC(=O)c1cc([C@@H]2CC(=O)Nc3nc(N4CCOCC4)nc(N)c32)ccc1O. The Morgan fingerprint density at radius 2 is 2.10 bits per heavy atom. The summed E-state index contributed by atoms with van der Waals surface area (Å²) >= 11 is 0. The Morgan fingerprint density at radius 1 is 1.34 bits per heavy atom. The summed E-state index contributed by atoms with van der Waals surface area (Å²) < 4.78 is 10.1. The van der Waals surface area contributed by atoms with Gasteiger partial charge < -0.3 is 30.5 Å². The summed E-state index contributed by atoms with van der Waals surface area (Å²) in [5.41, 5.74) is 7.51. The van der Waals surface area contributed by atoms with E-state index in [4.69, 9.17) is 15.2 Å². The smallest absolute Gasteiger partial charge is 0.341 e. The number of hydrogen-bond acceptors (Lipinski definition) is 9. The summed E-state index contributed by atoms with van der Waals surface area (Å²) in [5, 5.41) is 12.7. The van der Waals surface area contributed by atoms with Gasteiger partial charge in [0, 0.05) is 31.0 Å². The molecule has 1 aromatic heterocycles. The van der Waals surface area contributed by atoms with Crippen LogP contribution in [0.3, 0.4) is 0 Å². The molecule has 0 bridgehead atoms. The van der Waals surface area contributed by atoms with E-state index in [-0.39, 0.29) is 29.5 Å². The van der Waals surface area contributed by atoms with Gasteiger partial charge in [-0.2, -0.15) is 9.97 Å². The number of nitrogen functional groups attached to an aromatic ring is 1. The zero-order valence-electron chi connectivity index (χ0n) is 15.8. The Balaban J connectivity index is 1.76. The summed E-state index contributed by atoms with van der Waals surface area (Å²) in [5.74, 6) is -0.499. The number of aromatic hydroxyl groups is 1. The molecule has 29 heavy (non-hydrogen) atoms. The predicted octanol–water partition coefficient (Wildman–Crippen LogP) is 0.862. The number of hydrogen-bond donors (Lipinski definition) is 3. The van der Waals surface area contributed by atoms with Gasteiger partial charge in [0.2, 0.25) is 11.9 Å². The molecule has 2 aromatic rings. The molecule has 2 aliphatic rings. The molecule has 1 atom stereocenters. The average molecular weight is 399 g/mol. The minimum atomic E-state index is -0.670. The number of nitrogens with zero attached hydrogens (tertiary/aromatic N) is 3. The van der Waals surface area contributed by atoms with Gasteiger partial charge in [-0.3, -0.25) is 4.79 Å². The number of carbonyl (C=O) groups excluding carboxylic acids is 2. The highest BCUT2D eigenvalue weighted by Crippen LogP contribution is 2.40. The fourth-order valence-corrected chi connectivity index (χ4v) is 3.62. The number of phenolic OH excluding ortho intramolecular Hbond substituents is 1. The molecule has 4 rings (SSSR count). The molecule has 3 heterocycles. The number of nitrogens with one attached hydrogen (secondary N) is 1. The molecular weight excluding hydrogens is 378 g/mol. The van der Waals surface area contributed by atoms with Gasteiger partial charge in [0.05, 0.1) is 20.3 Å². The maximum atomic E-state index is 12.4. The van der Waals surface area contributed by atoms with Gasteiger partial charge >= 0.3 is 5.97 Å². The number of benzene rings is 1. The van der Waals surface area contributed by atoms with Crippen molar-refractivity contribution in [3.8, 4) is 5.75 Å². The van der Waals surface area contributed by atoms with Crippen LogP contribution >= 0.6 is 0 Å². The highest BCUT2D eigenvalue weighted by Gasteiger charge is 2.32. The number of phenols is 1. The molecular formula is C19H21N5O5. The molecule has 1 amide bonds. The van der Waals surface area contributed by atoms with E-state index in [0.717, 1.165) is 0 Å². The van der Waals surface area contributed by atoms with Crippen molar-refractivity contribution in [1.82, 2.24) is 9.97 Å². The third-order valence-electron chi connectivity index (χ3n) is 5.08. The maximum absolute atomic E-state index is 12.4. The number of morpholine rings is 1. The second-order valence-electron chi connectivity index (χ2n) is 6.84.